The molecule has 196 valence electrons. The van der Waals surface area contributed by atoms with Gasteiger partial charge in [-0.2, -0.15) is 8.42 Å². The second kappa shape index (κ2) is 7.89. The topological polar surface area (TPSA) is 115 Å². The minimum atomic E-state index is -3.95. The lowest BCUT2D eigenvalue weighted by Crippen LogP contribution is -2.65. The van der Waals surface area contributed by atoms with Gasteiger partial charge in [0.15, 0.2) is 0 Å². The number of aliphatic hydroxyl groups excluding tert-OH is 3. The van der Waals surface area contributed by atoms with Crippen molar-refractivity contribution in [3.63, 3.8) is 0 Å². The van der Waals surface area contributed by atoms with E-state index >= 15 is 0 Å². The zero-order valence-electron chi connectivity index (χ0n) is 21.4. The zero-order valence-corrected chi connectivity index (χ0v) is 22.2. The highest BCUT2D eigenvalue weighted by molar-refractivity contribution is 7.85. The number of aliphatic hydroxyl groups is 3. The van der Waals surface area contributed by atoms with Crippen molar-refractivity contribution in [2.24, 2.45) is 51.2 Å². The summed E-state index contributed by atoms with van der Waals surface area (Å²) in [5, 5.41) is 34.4. The minimum Gasteiger partial charge on any atom is -0.393 e. The molecule has 5 saturated carbocycles. The van der Waals surface area contributed by atoms with Gasteiger partial charge in [-0.05, 0) is 110 Å². The molecule has 4 unspecified atom stereocenters. The van der Waals surface area contributed by atoms with Crippen LogP contribution in [0.5, 0.6) is 0 Å². The Kier molecular flexibility index (Phi) is 5.91. The van der Waals surface area contributed by atoms with Gasteiger partial charge in [0.2, 0.25) is 0 Å². The third-order valence-electron chi connectivity index (χ3n) is 12.8. The van der Waals surface area contributed by atoms with Gasteiger partial charge in [-0.3, -0.25) is 4.55 Å². The Labute approximate surface area is 205 Å². The molecular formula is C27H46O6S. The molecule has 0 aromatic carbocycles. The van der Waals surface area contributed by atoms with Gasteiger partial charge in [0.05, 0.1) is 24.1 Å². The third kappa shape index (κ3) is 3.15. The molecule has 0 radical (unpaired) electrons. The van der Waals surface area contributed by atoms with E-state index in [9.17, 15) is 23.7 Å². The fourth-order valence-corrected chi connectivity index (χ4v) is 11.6. The molecule has 5 aliphatic carbocycles. The third-order valence-corrected chi connectivity index (χ3v) is 13.6. The van der Waals surface area contributed by atoms with E-state index in [-0.39, 0.29) is 69.2 Å². The summed E-state index contributed by atoms with van der Waals surface area (Å²) >= 11 is 0. The molecule has 0 heterocycles. The number of fused-ring (bicyclic) bond motifs is 4. The van der Waals surface area contributed by atoms with E-state index in [4.69, 9.17) is 4.55 Å². The van der Waals surface area contributed by atoms with E-state index in [1.807, 2.05) is 0 Å². The van der Waals surface area contributed by atoms with Crippen LogP contribution >= 0.6 is 0 Å². The van der Waals surface area contributed by atoms with Crippen LogP contribution in [0.4, 0.5) is 0 Å². The Morgan fingerprint density at radius 2 is 1.76 bits per heavy atom. The Balaban J connectivity index is 1.45. The summed E-state index contributed by atoms with van der Waals surface area (Å²) in [5.41, 5.74) is -0.337. The quantitative estimate of drug-likeness (QED) is 0.411. The molecule has 5 rings (SSSR count). The van der Waals surface area contributed by atoms with Gasteiger partial charge in [0, 0.05) is 5.41 Å². The van der Waals surface area contributed by atoms with Crippen molar-refractivity contribution in [3.8, 4) is 0 Å². The first-order chi connectivity index (χ1) is 15.8. The van der Waals surface area contributed by atoms with Crippen LogP contribution in [-0.4, -0.2) is 52.4 Å². The Morgan fingerprint density at radius 3 is 2.41 bits per heavy atom. The molecule has 0 aliphatic heterocycles. The summed E-state index contributed by atoms with van der Waals surface area (Å²) in [7, 11) is -3.95. The van der Waals surface area contributed by atoms with E-state index < -0.39 is 16.2 Å². The maximum atomic E-state index is 12.0. The first kappa shape index (κ1) is 25.4. The molecule has 0 aromatic heterocycles. The standard InChI is InChI=1S/C27H46O6S/c1-5-26-15-27(26)14-17(28)10-11-24(27,3)20-13-21(29)25(4)18(8-9-19(25)22(20)23(26)30)16(2)7-6-12-34(31,32)33/h16-23,28-30H,5-15H2,1-4H3,(H,31,32,33)/t16-,17-,18-,19?,20?,21+,22?,23+,24-,25-,26?,27+/m1/s1. The van der Waals surface area contributed by atoms with Gasteiger partial charge in [0.25, 0.3) is 10.1 Å². The SMILES string of the molecule is CCC12C[C@]13C[C@H](O)CC[C@]3(C)C1C[C@H](O)[C@@]3(C)C(CC[C@@H]3[C@H](C)CCCS(=O)(=O)O)C1[C@@H]2O. The van der Waals surface area contributed by atoms with Gasteiger partial charge in [-0.15, -0.1) is 0 Å². The summed E-state index contributed by atoms with van der Waals surface area (Å²) in [6.45, 7) is 9.04. The maximum absolute atomic E-state index is 12.0. The van der Waals surface area contributed by atoms with Crippen LogP contribution in [-0.2, 0) is 10.1 Å². The predicted molar refractivity (Wildman–Crippen MR) is 130 cm³/mol. The van der Waals surface area contributed by atoms with E-state index in [1.54, 1.807) is 0 Å². The van der Waals surface area contributed by atoms with Crippen molar-refractivity contribution in [3.05, 3.63) is 0 Å². The van der Waals surface area contributed by atoms with E-state index in [1.165, 1.54) is 0 Å². The molecule has 4 N–H and O–H groups in total. The van der Waals surface area contributed by atoms with Crippen molar-refractivity contribution in [1.29, 1.82) is 0 Å². The van der Waals surface area contributed by atoms with Gasteiger partial charge in [-0.25, -0.2) is 0 Å². The molecule has 5 fully saturated rings. The minimum absolute atomic E-state index is 0.00153. The molecule has 6 nitrogen and oxygen atoms in total. The van der Waals surface area contributed by atoms with Crippen molar-refractivity contribution in [1.82, 2.24) is 0 Å². The molecule has 0 bridgehead atoms. The molecule has 5 aliphatic rings. The predicted octanol–water partition coefficient (Wildman–Crippen LogP) is 4.03. The molecule has 0 saturated heterocycles. The number of hydrogen-bond donors (Lipinski definition) is 4. The first-order valence-electron chi connectivity index (χ1n) is 13.8. The summed E-state index contributed by atoms with van der Waals surface area (Å²) in [6, 6.07) is 0. The molecule has 7 heteroatoms. The maximum Gasteiger partial charge on any atom is 0.264 e. The molecule has 12 atom stereocenters. The average molecular weight is 499 g/mol. The second-order valence-corrected chi connectivity index (χ2v) is 15.1. The van der Waals surface area contributed by atoms with Crippen molar-refractivity contribution >= 4 is 10.1 Å². The van der Waals surface area contributed by atoms with Gasteiger partial charge in [0.1, 0.15) is 0 Å². The summed E-state index contributed by atoms with van der Waals surface area (Å²) in [6.07, 6.45) is 7.33. The van der Waals surface area contributed by atoms with Crippen molar-refractivity contribution in [2.75, 3.05) is 5.75 Å². The molecular weight excluding hydrogens is 452 g/mol. The smallest absolute Gasteiger partial charge is 0.264 e. The average Bonchev–Trinajstić information content (AvgIpc) is 3.28. The van der Waals surface area contributed by atoms with Crippen molar-refractivity contribution in [2.45, 2.75) is 110 Å². The van der Waals surface area contributed by atoms with E-state index in [0.29, 0.717) is 12.8 Å². The summed E-state index contributed by atoms with van der Waals surface area (Å²) < 4.78 is 31.5. The number of hydrogen-bond acceptors (Lipinski definition) is 5. The largest absolute Gasteiger partial charge is 0.393 e. The van der Waals surface area contributed by atoms with Crippen LogP contribution in [0.2, 0.25) is 0 Å². The molecule has 0 aromatic rings. The van der Waals surface area contributed by atoms with Crippen LogP contribution in [0, 0.1) is 51.2 Å². The van der Waals surface area contributed by atoms with Crippen LogP contribution in [0.25, 0.3) is 0 Å². The molecule has 0 amide bonds. The highest BCUT2D eigenvalue weighted by atomic mass is 32.2. The van der Waals surface area contributed by atoms with Crippen LogP contribution in [0.1, 0.15) is 91.9 Å². The lowest BCUT2D eigenvalue weighted by molar-refractivity contribution is -0.228. The summed E-state index contributed by atoms with van der Waals surface area (Å²) in [5.74, 6) is 1.05. The Bertz CT molecular complexity index is 922. The lowest BCUT2D eigenvalue weighted by Gasteiger charge is -2.65. The fraction of sp³-hybridized carbons (Fsp3) is 1.00. The van der Waals surface area contributed by atoms with Crippen LogP contribution < -0.4 is 0 Å². The van der Waals surface area contributed by atoms with E-state index in [0.717, 1.165) is 51.4 Å². The second-order valence-electron chi connectivity index (χ2n) is 13.5. The van der Waals surface area contributed by atoms with Crippen LogP contribution in [0.3, 0.4) is 0 Å². The zero-order chi connectivity index (χ0) is 24.9. The first-order valence-corrected chi connectivity index (χ1v) is 15.4. The monoisotopic (exact) mass is 498 g/mol. The lowest BCUT2D eigenvalue weighted by atomic mass is 9.40. The van der Waals surface area contributed by atoms with E-state index in [2.05, 4.69) is 27.7 Å². The Morgan fingerprint density at radius 1 is 1.06 bits per heavy atom. The fourth-order valence-electron chi connectivity index (χ4n) is 11.1. The summed E-state index contributed by atoms with van der Waals surface area (Å²) in [4.78, 5) is 0. The van der Waals surface area contributed by atoms with Crippen molar-refractivity contribution < 1.29 is 28.3 Å². The van der Waals surface area contributed by atoms with Gasteiger partial charge < -0.3 is 15.3 Å². The Hall–Kier alpha value is -0.210. The highest BCUT2D eigenvalue weighted by Gasteiger charge is 2.83. The molecule has 1 spiro atoms. The number of rotatable bonds is 6. The van der Waals surface area contributed by atoms with Gasteiger partial charge in [-0.1, -0.05) is 27.7 Å². The highest BCUT2D eigenvalue weighted by Crippen LogP contribution is 2.86. The van der Waals surface area contributed by atoms with Gasteiger partial charge >= 0.3 is 0 Å². The molecule has 34 heavy (non-hydrogen) atoms. The normalized spacial score (nSPS) is 55.0. The van der Waals surface area contributed by atoms with Crippen LogP contribution in [0.15, 0.2) is 0 Å².